The van der Waals surface area contributed by atoms with Crippen molar-refractivity contribution < 1.29 is 29.2 Å². The standard InChI is InChI=1S/C17H23NO6/c1-16(2)23-11-17(21)14(24-16)13(15(20)18(17)8-9-19)22-10-12-6-4-3-5-7-12/h3-7,13-14,19,21H,8-11H2,1-2H3/t13-,14-,17+/m0/s1. The molecule has 2 fully saturated rings. The quantitative estimate of drug-likeness (QED) is 0.801. The molecule has 3 rings (SSSR count). The minimum atomic E-state index is -1.64. The van der Waals surface area contributed by atoms with Gasteiger partial charge in [0, 0.05) is 6.54 Å². The van der Waals surface area contributed by atoms with Gasteiger partial charge in [-0.15, -0.1) is 0 Å². The third-order valence-corrected chi connectivity index (χ3v) is 4.35. The van der Waals surface area contributed by atoms with Crippen molar-refractivity contribution in [1.29, 1.82) is 0 Å². The number of carbonyl (C=O) groups is 1. The van der Waals surface area contributed by atoms with E-state index < -0.39 is 29.6 Å². The van der Waals surface area contributed by atoms with Crippen LogP contribution in [0.15, 0.2) is 30.3 Å². The van der Waals surface area contributed by atoms with Gasteiger partial charge in [-0.3, -0.25) is 4.79 Å². The smallest absolute Gasteiger partial charge is 0.257 e. The molecule has 7 heteroatoms. The van der Waals surface area contributed by atoms with Crippen molar-refractivity contribution in [1.82, 2.24) is 4.90 Å². The minimum Gasteiger partial charge on any atom is -0.395 e. The average molecular weight is 337 g/mol. The molecule has 3 atom stereocenters. The third-order valence-electron chi connectivity index (χ3n) is 4.35. The maximum atomic E-state index is 12.7. The molecule has 0 aliphatic carbocycles. The third kappa shape index (κ3) is 3.05. The summed E-state index contributed by atoms with van der Waals surface area (Å²) < 4.78 is 17.1. The van der Waals surface area contributed by atoms with Crippen LogP contribution in [-0.4, -0.2) is 64.5 Å². The maximum absolute atomic E-state index is 12.7. The van der Waals surface area contributed by atoms with Crippen molar-refractivity contribution in [3.05, 3.63) is 35.9 Å². The molecule has 2 saturated heterocycles. The van der Waals surface area contributed by atoms with Crippen molar-refractivity contribution >= 4 is 5.91 Å². The first kappa shape index (κ1) is 17.3. The Morgan fingerprint density at radius 2 is 2.04 bits per heavy atom. The summed E-state index contributed by atoms with van der Waals surface area (Å²) in [7, 11) is 0. The molecule has 7 nitrogen and oxygen atoms in total. The second-order valence-electron chi connectivity index (χ2n) is 6.54. The van der Waals surface area contributed by atoms with Crippen LogP contribution in [0, 0.1) is 0 Å². The number of hydrogen-bond donors (Lipinski definition) is 2. The molecule has 24 heavy (non-hydrogen) atoms. The summed E-state index contributed by atoms with van der Waals surface area (Å²) in [5.74, 6) is -1.34. The molecule has 0 spiro atoms. The number of nitrogens with zero attached hydrogens (tertiary/aromatic N) is 1. The number of ether oxygens (including phenoxy) is 3. The predicted molar refractivity (Wildman–Crippen MR) is 83.7 cm³/mol. The van der Waals surface area contributed by atoms with Gasteiger partial charge in [-0.25, -0.2) is 0 Å². The summed E-state index contributed by atoms with van der Waals surface area (Å²) in [5, 5.41) is 20.2. The Morgan fingerprint density at radius 3 is 2.71 bits per heavy atom. The van der Waals surface area contributed by atoms with E-state index in [1.165, 1.54) is 4.90 Å². The fourth-order valence-electron chi connectivity index (χ4n) is 3.13. The molecule has 2 heterocycles. The van der Waals surface area contributed by atoms with Crippen LogP contribution >= 0.6 is 0 Å². The normalized spacial score (nSPS) is 32.0. The van der Waals surface area contributed by atoms with E-state index in [-0.39, 0.29) is 26.4 Å². The lowest BCUT2D eigenvalue weighted by molar-refractivity contribution is -0.356. The highest BCUT2D eigenvalue weighted by molar-refractivity contribution is 5.85. The minimum absolute atomic E-state index is 0.00974. The van der Waals surface area contributed by atoms with Crippen molar-refractivity contribution in [3.8, 4) is 0 Å². The molecular formula is C17H23NO6. The van der Waals surface area contributed by atoms with E-state index in [9.17, 15) is 15.0 Å². The van der Waals surface area contributed by atoms with Gasteiger partial charge in [0.15, 0.2) is 17.6 Å². The first-order chi connectivity index (χ1) is 11.4. The van der Waals surface area contributed by atoms with Gasteiger partial charge in [-0.05, 0) is 19.4 Å². The fourth-order valence-corrected chi connectivity index (χ4v) is 3.13. The van der Waals surface area contributed by atoms with Crippen LogP contribution in [0.2, 0.25) is 0 Å². The highest BCUT2D eigenvalue weighted by Crippen LogP contribution is 2.40. The van der Waals surface area contributed by atoms with Crippen molar-refractivity contribution in [2.24, 2.45) is 0 Å². The number of β-amino-alcohol motifs (C(OH)–C–C–N with tert-alkyl or cyclic N) is 1. The molecule has 1 aromatic carbocycles. The van der Waals surface area contributed by atoms with Gasteiger partial charge in [0.25, 0.3) is 5.91 Å². The molecule has 0 aromatic heterocycles. The second kappa shape index (κ2) is 6.42. The SMILES string of the molecule is CC1(C)OC[C@@]2(O)[C@@H](O1)[C@H](OCc1ccccc1)C(=O)N2CCO. The van der Waals surface area contributed by atoms with E-state index in [1.807, 2.05) is 30.3 Å². The predicted octanol–water partition coefficient (Wildman–Crippen LogP) is 0.246. The van der Waals surface area contributed by atoms with Gasteiger partial charge in [0.1, 0.15) is 12.7 Å². The number of rotatable bonds is 5. The summed E-state index contributed by atoms with van der Waals surface area (Å²) >= 11 is 0. The molecule has 1 aromatic rings. The Labute approximate surface area is 140 Å². The summed E-state index contributed by atoms with van der Waals surface area (Å²) in [4.78, 5) is 13.9. The lowest BCUT2D eigenvalue weighted by atomic mass is 10.0. The van der Waals surface area contributed by atoms with Gasteiger partial charge in [-0.2, -0.15) is 0 Å². The second-order valence-corrected chi connectivity index (χ2v) is 6.54. The summed E-state index contributed by atoms with van der Waals surface area (Å²) in [6.45, 7) is 3.29. The Kier molecular flexibility index (Phi) is 4.63. The number of carbonyl (C=O) groups excluding carboxylic acids is 1. The Hall–Kier alpha value is -1.51. The number of hydrogen-bond acceptors (Lipinski definition) is 6. The van der Waals surface area contributed by atoms with E-state index in [0.29, 0.717) is 0 Å². The average Bonchev–Trinajstić information content (AvgIpc) is 2.75. The molecular weight excluding hydrogens is 314 g/mol. The van der Waals surface area contributed by atoms with Crippen LogP contribution in [-0.2, 0) is 25.6 Å². The maximum Gasteiger partial charge on any atom is 0.257 e. The molecule has 2 N–H and O–H groups in total. The monoisotopic (exact) mass is 337 g/mol. The largest absolute Gasteiger partial charge is 0.395 e. The van der Waals surface area contributed by atoms with Crippen LogP contribution in [0.3, 0.4) is 0 Å². The van der Waals surface area contributed by atoms with Crippen LogP contribution in [0.4, 0.5) is 0 Å². The molecule has 0 bridgehead atoms. The molecule has 2 aliphatic heterocycles. The number of aliphatic hydroxyl groups is 2. The number of fused-ring (bicyclic) bond motifs is 1. The summed E-state index contributed by atoms with van der Waals surface area (Å²) in [6.07, 6.45) is -1.84. The van der Waals surface area contributed by atoms with Crippen LogP contribution in [0.5, 0.6) is 0 Å². The van der Waals surface area contributed by atoms with Crippen molar-refractivity contribution in [2.45, 2.75) is 44.2 Å². The van der Waals surface area contributed by atoms with Gasteiger partial charge in [0.05, 0.1) is 13.2 Å². The summed E-state index contributed by atoms with van der Waals surface area (Å²) in [5.41, 5.74) is -0.725. The first-order valence-corrected chi connectivity index (χ1v) is 7.99. The fraction of sp³-hybridized carbons (Fsp3) is 0.588. The summed E-state index contributed by atoms with van der Waals surface area (Å²) in [6, 6.07) is 9.46. The van der Waals surface area contributed by atoms with Crippen molar-refractivity contribution in [3.63, 3.8) is 0 Å². The van der Waals surface area contributed by atoms with Gasteiger partial charge < -0.3 is 29.3 Å². The molecule has 0 radical (unpaired) electrons. The first-order valence-electron chi connectivity index (χ1n) is 7.99. The van der Waals surface area contributed by atoms with E-state index in [0.717, 1.165) is 5.56 Å². The van der Waals surface area contributed by atoms with Gasteiger partial charge in [0.2, 0.25) is 0 Å². The number of likely N-dealkylation sites (tertiary alicyclic amines) is 1. The Morgan fingerprint density at radius 1 is 1.33 bits per heavy atom. The number of aliphatic hydroxyl groups excluding tert-OH is 1. The van der Waals surface area contributed by atoms with E-state index >= 15 is 0 Å². The lowest BCUT2D eigenvalue weighted by Gasteiger charge is -2.45. The van der Waals surface area contributed by atoms with Crippen LogP contribution < -0.4 is 0 Å². The van der Waals surface area contributed by atoms with E-state index in [1.54, 1.807) is 13.8 Å². The lowest BCUT2D eigenvalue weighted by Crippen LogP contribution is -2.63. The Balaban J connectivity index is 1.82. The highest BCUT2D eigenvalue weighted by Gasteiger charge is 2.63. The molecule has 2 aliphatic rings. The zero-order valence-corrected chi connectivity index (χ0v) is 13.8. The van der Waals surface area contributed by atoms with Crippen molar-refractivity contribution in [2.75, 3.05) is 19.8 Å². The number of benzene rings is 1. The van der Waals surface area contributed by atoms with E-state index in [2.05, 4.69) is 0 Å². The highest BCUT2D eigenvalue weighted by atomic mass is 16.7. The zero-order chi connectivity index (χ0) is 17.4. The molecule has 0 saturated carbocycles. The zero-order valence-electron chi connectivity index (χ0n) is 13.8. The van der Waals surface area contributed by atoms with Crippen LogP contribution in [0.1, 0.15) is 19.4 Å². The van der Waals surface area contributed by atoms with Crippen LogP contribution in [0.25, 0.3) is 0 Å². The topological polar surface area (TPSA) is 88.5 Å². The molecule has 0 unspecified atom stereocenters. The van der Waals surface area contributed by atoms with Gasteiger partial charge in [-0.1, -0.05) is 30.3 Å². The van der Waals surface area contributed by atoms with E-state index in [4.69, 9.17) is 14.2 Å². The molecule has 1 amide bonds. The Bertz CT molecular complexity index is 592. The number of amides is 1. The molecule has 132 valence electrons. The van der Waals surface area contributed by atoms with Gasteiger partial charge >= 0.3 is 0 Å².